The zero-order valence-electron chi connectivity index (χ0n) is 18.0. The Hall–Kier alpha value is -3.36. The molecule has 0 radical (unpaired) electrons. The van der Waals surface area contributed by atoms with Gasteiger partial charge in [0.1, 0.15) is 17.6 Å². The molecule has 0 fully saturated rings. The summed E-state index contributed by atoms with van der Waals surface area (Å²) in [5.74, 6) is 0.953. The number of hydrogen-bond donors (Lipinski definition) is 1. The molecule has 8 heteroatoms. The highest BCUT2D eigenvalue weighted by atomic mass is 32.2. The van der Waals surface area contributed by atoms with Crippen molar-refractivity contribution in [3.05, 3.63) is 77.4 Å². The van der Waals surface area contributed by atoms with Crippen LogP contribution in [-0.2, 0) is 20.6 Å². The SMILES string of the molecule is COc1cccc2c1-c1ccc(CS(N)(=O)=O)cc1C(c1cccc(N(C)C(C)=O)c1)O2. The van der Waals surface area contributed by atoms with Crippen molar-refractivity contribution in [1.82, 2.24) is 0 Å². The van der Waals surface area contributed by atoms with Gasteiger partial charge < -0.3 is 14.4 Å². The summed E-state index contributed by atoms with van der Waals surface area (Å²) >= 11 is 0. The lowest BCUT2D eigenvalue weighted by atomic mass is 9.88. The maximum atomic E-state index is 11.9. The van der Waals surface area contributed by atoms with Crippen molar-refractivity contribution in [3.63, 3.8) is 0 Å². The molecule has 0 bridgehead atoms. The van der Waals surface area contributed by atoms with E-state index >= 15 is 0 Å². The number of sulfonamides is 1. The van der Waals surface area contributed by atoms with Gasteiger partial charge in [-0.2, -0.15) is 0 Å². The predicted molar refractivity (Wildman–Crippen MR) is 123 cm³/mol. The second kappa shape index (κ2) is 8.29. The van der Waals surface area contributed by atoms with Crippen molar-refractivity contribution in [3.8, 4) is 22.6 Å². The number of hydrogen-bond acceptors (Lipinski definition) is 5. The number of rotatable bonds is 5. The third-order valence-corrected chi connectivity index (χ3v) is 6.26. The van der Waals surface area contributed by atoms with E-state index < -0.39 is 16.1 Å². The highest BCUT2D eigenvalue weighted by Crippen LogP contribution is 2.49. The second-order valence-corrected chi connectivity index (χ2v) is 9.35. The number of carbonyl (C=O) groups excluding carboxylic acids is 1. The van der Waals surface area contributed by atoms with Crippen molar-refractivity contribution >= 4 is 21.6 Å². The third kappa shape index (κ3) is 4.19. The third-order valence-electron chi connectivity index (χ3n) is 5.52. The number of primary sulfonamides is 1. The molecule has 7 nitrogen and oxygen atoms in total. The molecule has 3 aromatic rings. The van der Waals surface area contributed by atoms with E-state index in [1.165, 1.54) is 6.92 Å². The average molecular weight is 453 g/mol. The zero-order chi connectivity index (χ0) is 23.0. The van der Waals surface area contributed by atoms with Crippen molar-refractivity contribution in [2.45, 2.75) is 18.8 Å². The molecule has 1 unspecified atom stereocenters. The van der Waals surface area contributed by atoms with E-state index in [0.29, 0.717) is 17.1 Å². The van der Waals surface area contributed by atoms with Crippen LogP contribution in [0.1, 0.15) is 29.7 Å². The summed E-state index contributed by atoms with van der Waals surface area (Å²) in [4.78, 5) is 13.4. The lowest BCUT2D eigenvalue weighted by Gasteiger charge is -2.31. The van der Waals surface area contributed by atoms with Gasteiger partial charge in [-0.15, -0.1) is 0 Å². The Bertz CT molecular complexity index is 1300. The number of amides is 1. The van der Waals surface area contributed by atoms with Crippen LogP contribution in [0.4, 0.5) is 5.69 Å². The number of benzene rings is 3. The predicted octanol–water partition coefficient (Wildman–Crippen LogP) is 3.62. The van der Waals surface area contributed by atoms with Crippen LogP contribution in [0.2, 0.25) is 0 Å². The molecule has 2 N–H and O–H groups in total. The van der Waals surface area contributed by atoms with Crippen LogP contribution >= 0.6 is 0 Å². The molecule has 166 valence electrons. The quantitative estimate of drug-likeness (QED) is 0.638. The number of methoxy groups -OCH3 is 1. The van der Waals surface area contributed by atoms with Gasteiger partial charge in [-0.3, -0.25) is 4.79 Å². The number of nitrogens with zero attached hydrogens (tertiary/aromatic N) is 1. The van der Waals surface area contributed by atoms with Crippen LogP contribution in [0, 0.1) is 0 Å². The van der Waals surface area contributed by atoms with E-state index in [1.807, 2.05) is 48.5 Å². The normalized spacial score (nSPS) is 14.7. The summed E-state index contributed by atoms with van der Waals surface area (Å²) in [6.07, 6.45) is -0.509. The number of anilines is 1. The number of fused-ring (bicyclic) bond motifs is 3. The van der Waals surface area contributed by atoms with Crippen LogP contribution in [0.15, 0.2) is 60.7 Å². The maximum absolute atomic E-state index is 11.9. The molecular weight excluding hydrogens is 428 g/mol. The van der Waals surface area contributed by atoms with Gasteiger partial charge in [0.15, 0.2) is 0 Å². The first-order valence-corrected chi connectivity index (χ1v) is 11.7. The molecular formula is C24H24N2O5S. The summed E-state index contributed by atoms with van der Waals surface area (Å²) in [7, 11) is -0.391. The monoisotopic (exact) mass is 452 g/mol. The molecule has 1 heterocycles. The molecule has 1 aliphatic heterocycles. The van der Waals surface area contributed by atoms with E-state index in [0.717, 1.165) is 27.9 Å². The minimum Gasteiger partial charge on any atom is -0.496 e. The summed E-state index contributed by atoms with van der Waals surface area (Å²) in [5.41, 5.74) is 4.62. The fraction of sp³-hybridized carbons (Fsp3) is 0.208. The molecule has 0 saturated carbocycles. The molecule has 0 aliphatic carbocycles. The van der Waals surface area contributed by atoms with Crippen LogP contribution in [0.5, 0.6) is 11.5 Å². The van der Waals surface area contributed by atoms with Gasteiger partial charge in [0, 0.05) is 25.2 Å². The standard InChI is InChI=1S/C24H24N2O5S/c1-15(27)26(2)18-7-4-6-17(13-18)24-20-12-16(14-32(25,28)29)10-11-19(20)23-21(30-3)8-5-9-22(23)31-24/h4-13,24H,14H2,1-3H3,(H2,25,28,29). The second-order valence-electron chi connectivity index (χ2n) is 7.73. The van der Waals surface area contributed by atoms with Crippen LogP contribution in [-0.4, -0.2) is 28.5 Å². The fourth-order valence-electron chi connectivity index (χ4n) is 3.94. The zero-order valence-corrected chi connectivity index (χ0v) is 18.8. The van der Waals surface area contributed by atoms with Gasteiger partial charge >= 0.3 is 0 Å². The van der Waals surface area contributed by atoms with Crippen molar-refractivity contribution in [2.75, 3.05) is 19.1 Å². The summed E-state index contributed by atoms with van der Waals surface area (Å²) in [5, 5.41) is 5.28. The van der Waals surface area contributed by atoms with Gasteiger partial charge in [-0.25, -0.2) is 13.6 Å². The first-order chi connectivity index (χ1) is 15.2. The average Bonchev–Trinajstić information content (AvgIpc) is 2.76. The van der Waals surface area contributed by atoms with Gasteiger partial charge in [0.2, 0.25) is 15.9 Å². The van der Waals surface area contributed by atoms with Gasteiger partial charge in [0.25, 0.3) is 0 Å². The Balaban J connectivity index is 1.90. The number of carbonyl (C=O) groups is 1. The van der Waals surface area contributed by atoms with Crippen molar-refractivity contribution < 1.29 is 22.7 Å². The largest absolute Gasteiger partial charge is 0.496 e. The lowest BCUT2D eigenvalue weighted by Crippen LogP contribution is -2.23. The number of ether oxygens (including phenoxy) is 2. The Morgan fingerprint density at radius 2 is 1.88 bits per heavy atom. The molecule has 3 aromatic carbocycles. The molecule has 4 rings (SSSR count). The Kier molecular flexibility index (Phi) is 5.66. The highest BCUT2D eigenvalue weighted by Gasteiger charge is 2.30. The van der Waals surface area contributed by atoms with Gasteiger partial charge in [-0.1, -0.05) is 36.4 Å². The molecule has 32 heavy (non-hydrogen) atoms. The van der Waals surface area contributed by atoms with E-state index in [2.05, 4.69) is 0 Å². The topological polar surface area (TPSA) is 98.9 Å². The first kappa shape index (κ1) is 21.9. The van der Waals surface area contributed by atoms with E-state index in [4.69, 9.17) is 14.6 Å². The maximum Gasteiger partial charge on any atom is 0.223 e. The minimum atomic E-state index is -3.70. The lowest BCUT2D eigenvalue weighted by molar-refractivity contribution is -0.116. The van der Waals surface area contributed by atoms with Crippen LogP contribution in [0.25, 0.3) is 11.1 Å². The Morgan fingerprint density at radius 3 is 2.56 bits per heavy atom. The molecule has 0 aromatic heterocycles. The Morgan fingerprint density at radius 1 is 1.12 bits per heavy atom. The van der Waals surface area contributed by atoms with Crippen LogP contribution < -0.4 is 19.5 Å². The van der Waals surface area contributed by atoms with Gasteiger partial charge in [0.05, 0.1) is 18.4 Å². The minimum absolute atomic E-state index is 0.0855. The first-order valence-electron chi connectivity index (χ1n) is 9.99. The van der Waals surface area contributed by atoms with Crippen molar-refractivity contribution in [1.29, 1.82) is 0 Å². The molecule has 1 amide bonds. The Labute approximate surface area is 187 Å². The molecule has 1 atom stereocenters. The molecule has 1 aliphatic rings. The summed E-state index contributed by atoms with van der Waals surface area (Å²) in [6.45, 7) is 1.50. The van der Waals surface area contributed by atoms with E-state index in [-0.39, 0.29) is 11.7 Å². The van der Waals surface area contributed by atoms with Gasteiger partial charge in [-0.05, 0) is 41.0 Å². The fourth-order valence-corrected chi connectivity index (χ4v) is 4.58. The summed E-state index contributed by atoms with van der Waals surface area (Å²) < 4.78 is 35.3. The smallest absolute Gasteiger partial charge is 0.223 e. The summed E-state index contributed by atoms with van der Waals surface area (Å²) in [6, 6.07) is 18.5. The highest BCUT2D eigenvalue weighted by molar-refractivity contribution is 7.88. The van der Waals surface area contributed by atoms with Crippen molar-refractivity contribution in [2.24, 2.45) is 5.14 Å². The van der Waals surface area contributed by atoms with Crippen LogP contribution in [0.3, 0.4) is 0 Å². The number of nitrogens with two attached hydrogens (primary N) is 1. The van der Waals surface area contributed by atoms with E-state index in [1.54, 1.807) is 31.2 Å². The molecule has 0 spiro atoms. The van der Waals surface area contributed by atoms with E-state index in [9.17, 15) is 13.2 Å². The molecule has 0 saturated heterocycles.